The van der Waals surface area contributed by atoms with Crippen molar-refractivity contribution in [2.45, 2.75) is 24.3 Å². The average molecular weight is 352 g/mol. The van der Waals surface area contributed by atoms with Gasteiger partial charge in [-0.3, -0.25) is 0 Å². The van der Waals surface area contributed by atoms with Gasteiger partial charge in [-0.05, 0) is 53.5 Å². The minimum absolute atomic E-state index is 0.142. The van der Waals surface area contributed by atoms with Crippen molar-refractivity contribution in [2.24, 2.45) is 0 Å². The number of nitrogens with one attached hydrogen (secondary N) is 1. The zero-order valence-corrected chi connectivity index (χ0v) is 13.3. The molecule has 1 aliphatic rings. The Balaban J connectivity index is 2.06. The van der Waals surface area contributed by atoms with E-state index in [1.807, 2.05) is 18.2 Å². The maximum atomic E-state index is 14.3. The first-order valence-corrected chi connectivity index (χ1v) is 7.75. The second-order valence-electron chi connectivity index (χ2n) is 5.53. The van der Waals surface area contributed by atoms with E-state index in [2.05, 4.69) is 33.4 Å². The molecule has 1 nitrogen and oxygen atoms in total. The fraction of sp³-hybridized carbons (Fsp3) is 0.294. The van der Waals surface area contributed by atoms with E-state index >= 15 is 0 Å². The van der Waals surface area contributed by atoms with Crippen LogP contribution in [0.4, 0.5) is 8.78 Å². The summed E-state index contributed by atoms with van der Waals surface area (Å²) in [5, 5.41) is 3.19. The van der Waals surface area contributed by atoms with Crippen LogP contribution in [0.25, 0.3) is 0 Å². The summed E-state index contributed by atoms with van der Waals surface area (Å²) in [7, 11) is 1.80. The number of hydrogen-bond donors (Lipinski definition) is 1. The fourth-order valence-corrected chi connectivity index (χ4v) is 3.45. The SMILES string of the molecule is CNC(c1cc(F)c(Br)cc1F)C1(c2ccccc2)CC1. The third-order valence-corrected chi connectivity index (χ3v) is 4.94. The van der Waals surface area contributed by atoms with Crippen LogP contribution in [0, 0.1) is 11.6 Å². The first-order valence-electron chi connectivity index (χ1n) is 6.96. The number of likely N-dealkylation sites (N-methyl/N-ethyl adjacent to an activating group) is 1. The molecule has 0 aliphatic heterocycles. The van der Waals surface area contributed by atoms with Crippen LogP contribution in [-0.2, 0) is 5.41 Å². The molecule has 0 spiro atoms. The number of benzene rings is 2. The fourth-order valence-electron chi connectivity index (χ4n) is 3.14. The Morgan fingerprint density at radius 1 is 1.10 bits per heavy atom. The van der Waals surface area contributed by atoms with E-state index in [9.17, 15) is 8.78 Å². The molecule has 0 amide bonds. The number of halogens is 3. The molecule has 2 aromatic carbocycles. The lowest BCUT2D eigenvalue weighted by Crippen LogP contribution is -2.30. The summed E-state index contributed by atoms with van der Waals surface area (Å²) < 4.78 is 28.3. The lowest BCUT2D eigenvalue weighted by molar-refractivity contribution is 0.437. The molecule has 4 heteroatoms. The van der Waals surface area contributed by atoms with Crippen molar-refractivity contribution in [1.82, 2.24) is 5.32 Å². The summed E-state index contributed by atoms with van der Waals surface area (Å²) in [4.78, 5) is 0. The summed E-state index contributed by atoms with van der Waals surface area (Å²) in [5.74, 6) is -0.819. The Labute approximate surface area is 131 Å². The third kappa shape index (κ3) is 2.51. The predicted octanol–water partition coefficient (Wildman–Crippen LogP) is 4.72. The quantitative estimate of drug-likeness (QED) is 0.786. The topological polar surface area (TPSA) is 12.0 Å². The standard InChI is InChI=1S/C17H16BrF2N/c1-21-16(12-9-15(20)13(18)10-14(12)19)17(7-8-17)11-5-3-2-4-6-11/h2-6,9-10,16,21H,7-8H2,1H3. The average Bonchev–Trinajstić information content (AvgIpc) is 3.28. The molecule has 110 valence electrons. The van der Waals surface area contributed by atoms with E-state index in [1.165, 1.54) is 17.7 Å². The van der Waals surface area contributed by atoms with Gasteiger partial charge in [0, 0.05) is 17.0 Å². The van der Waals surface area contributed by atoms with Gasteiger partial charge < -0.3 is 5.32 Å². The molecule has 3 rings (SSSR count). The first kappa shape index (κ1) is 14.7. The summed E-state index contributed by atoms with van der Waals surface area (Å²) in [5.41, 5.74) is 1.42. The predicted molar refractivity (Wildman–Crippen MR) is 83.2 cm³/mol. The normalized spacial score (nSPS) is 17.5. The summed E-state index contributed by atoms with van der Waals surface area (Å²) >= 11 is 3.03. The van der Waals surface area contributed by atoms with Crippen LogP contribution in [0.3, 0.4) is 0 Å². The van der Waals surface area contributed by atoms with E-state index in [-0.39, 0.29) is 21.7 Å². The molecule has 1 atom stereocenters. The van der Waals surface area contributed by atoms with Gasteiger partial charge in [0.15, 0.2) is 0 Å². The molecule has 0 radical (unpaired) electrons. The number of rotatable bonds is 4. The van der Waals surface area contributed by atoms with E-state index < -0.39 is 5.82 Å². The van der Waals surface area contributed by atoms with Crippen molar-refractivity contribution in [3.05, 3.63) is 69.7 Å². The van der Waals surface area contributed by atoms with Gasteiger partial charge in [-0.2, -0.15) is 0 Å². The van der Waals surface area contributed by atoms with Gasteiger partial charge in [-0.15, -0.1) is 0 Å². The van der Waals surface area contributed by atoms with Crippen molar-refractivity contribution >= 4 is 15.9 Å². The van der Waals surface area contributed by atoms with Gasteiger partial charge >= 0.3 is 0 Å². The molecule has 0 saturated heterocycles. The molecule has 2 aromatic rings. The van der Waals surface area contributed by atoms with Crippen molar-refractivity contribution in [1.29, 1.82) is 0 Å². The zero-order chi connectivity index (χ0) is 15.0. The molecular weight excluding hydrogens is 336 g/mol. The van der Waals surface area contributed by atoms with Crippen LogP contribution in [0.2, 0.25) is 0 Å². The van der Waals surface area contributed by atoms with Crippen LogP contribution in [0.5, 0.6) is 0 Å². The Morgan fingerprint density at radius 3 is 2.33 bits per heavy atom. The van der Waals surface area contributed by atoms with Crippen LogP contribution in [0.1, 0.15) is 30.0 Å². The highest BCUT2D eigenvalue weighted by Gasteiger charge is 2.51. The van der Waals surface area contributed by atoms with E-state index in [4.69, 9.17) is 0 Å². The molecule has 0 heterocycles. The smallest absolute Gasteiger partial charge is 0.137 e. The molecule has 1 fully saturated rings. The van der Waals surface area contributed by atoms with Crippen molar-refractivity contribution in [2.75, 3.05) is 7.05 Å². The second-order valence-corrected chi connectivity index (χ2v) is 6.39. The molecule has 0 aromatic heterocycles. The van der Waals surface area contributed by atoms with Crippen molar-refractivity contribution in [3.63, 3.8) is 0 Å². The molecule has 21 heavy (non-hydrogen) atoms. The highest BCUT2D eigenvalue weighted by atomic mass is 79.9. The number of hydrogen-bond acceptors (Lipinski definition) is 1. The highest BCUT2D eigenvalue weighted by Crippen LogP contribution is 2.56. The van der Waals surface area contributed by atoms with Crippen LogP contribution in [0.15, 0.2) is 46.9 Å². The van der Waals surface area contributed by atoms with Crippen LogP contribution < -0.4 is 5.32 Å². The van der Waals surface area contributed by atoms with Gasteiger partial charge in [-0.25, -0.2) is 8.78 Å². The largest absolute Gasteiger partial charge is 0.312 e. The second kappa shape index (κ2) is 5.50. The first-order chi connectivity index (χ1) is 10.1. The molecule has 1 N–H and O–H groups in total. The van der Waals surface area contributed by atoms with Crippen LogP contribution in [-0.4, -0.2) is 7.05 Å². The Kier molecular flexibility index (Phi) is 3.84. The van der Waals surface area contributed by atoms with E-state index in [1.54, 1.807) is 7.05 Å². The highest BCUT2D eigenvalue weighted by molar-refractivity contribution is 9.10. The molecule has 0 bridgehead atoms. The van der Waals surface area contributed by atoms with Crippen molar-refractivity contribution in [3.8, 4) is 0 Å². The Hall–Kier alpha value is -1.26. The third-order valence-electron chi connectivity index (χ3n) is 4.33. The van der Waals surface area contributed by atoms with Gasteiger partial charge in [0.25, 0.3) is 0 Å². The molecule has 1 saturated carbocycles. The van der Waals surface area contributed by atoms with Gasteiger partial charge in [0.2, 0.25) is 0 Å². The van der Waals surface area contributed by atoms with Gasteiger partial charge in [-0.1, -0.05) is 30.3 Å². The van der Waals surface area contributed by atoms with Crippen LogP contribution >= 0.6 is 15.9 Å². The molecular formula is C17H16BrF2N. The summed E-state index contributed by atoms with van der Waals surface area (Å²) in [6, 6.07) is 12.3. The summed E-state index contributed by atoms with van der Waals surface area (Å²) in [6.45, 7) is 0. The maximum absolute atomic E-state index is 14.3. The lowest BCUT2D eigenvalue weighted by Gasteiger charge is -2.28. The monoisotopic (exact) mass is 351 g/mol. The Morgan fingerprint density at radius 2 is 1.76 bits per heavy atom. The minimum atomic E-state index is -0.435. The van der Waals surface area contributed by atoms with Gasteiger partial charge in [0.05, 0.1) is 4.47 Å². The molecule has 1 unspecified atom stereocenters. The molecule has 1 aliphatic carbocycles. The van der Waals surface area contributed by atoms with E-state index in [0.717, 1.165) is 12.8 Å². The van der Waals surface area contributed by atoms with Crippen molar-refractivity contribution < 1.29 is 8.78 Å². The summed E-state index contributed by atoms with van der Waals surface area (Å²) in [6.07, 6.45) is 1.94. The van der Waals surface area contributed by atoms with Gasteiger partial charge in [0.1, 0.15) is 11.6 Å². The zero-order valence-electron chi connectivity index (χ0n) is 11.7. The minimum Gasteiger partial charge on any atom is -0.312 e. The maximum Gasteiger partial charge on any atom is 0.137 e. The lowest BCUT2D eigenvalue weighted by atomic mass is 9.83. The van der Waals surface area contributed by atoms with E-state index in [0.29, 0.717) is 5.56 Å². The Bertz CT molecular complexity index is 653.